The summed E-state index contributed by atoms with van der Waals surface area (Å²) >= 11 is 0. The first-order valence-electron chi connectivity index (χ1n) is 8.01. The molecule has 0 atom stereocenters. The van der Waals surface area contributed by atoms with Crippen molar-refractivity contribution in [1.29, 1.82) is 0 Å². The molecule has 2 heterocycles. The molecular weight excluding hydrogens is 294 g/mol. The van der Waals surface area contributed by atoms with Gasteiger partial charge in [-0.1, -0.05) is 73.8 Å². The van der Waals surface area contributed by atoms with E-state index in [1.54, 1.807) is 0 Å². The average molecular weight is 313 g/mol. The standard InChI is InChI=1S/C21H19NSi/c1-23(2)19-14-7-6-12-17(19)20(18-13-8-9-15-22-18)21(23)16-10-4-3-5-11-16/h3-15H,1-2H3. The lowest BCUT2D eigenvalue weighted by Crippen LogP contribution is -2.40. The molecule has 3 aromatic rings. The van der Waals surface area contributed by atoms with Crippen molar-refractivity contribution in [2.75, 3.05) is 0 Å². The van der Waals surface area contributed by atoms with Crippen LogP contribution in [0.15, 0.2) is 79.0 Å². The van der Waals surface area contributed by atoms with Crippen LogP contribution in [0.2, 0.25) is 13.1 Å². The first kappa shape index (κ1) is 14.2. The van der Waals surface area contributed by atoms with Gasteiger partial charge in [0.05, 0.1) is 5.69 Å². The van der Waals surface area contributed by atoms with Gasteiger partial charge in [-0.15, -0.1) is 0 Å². The van der Waals surface area contributed by atoms with Gasteiger partial charge in [0.15, 0.2) is 0 Å². The zero-order chi connectivity index (χ0) is 15.9. The Kier molecular flexibility index (Phi) is 3.28. The molecule has 112 valence electrons. The molecule has 0 radical (unpaired) electrons. The fourth-order valence-electron chi connectivity index (χ4n) is 3.71. The molecule has 0 saturated heterocycles. The van der Waals surface area contributed by atoms with Gasteiger partial charge in [0.1, 0.15) is 8.07 Å². The maximum absolute atomic E-state index is 4.67. The number of benzene rings is 2. The molecule has 0 aliphatic carbocycles. The van der Waals surface area contributed by atoms with Crippen LogP contribution in [0.3, 0.4) is 0 Å². The third-order valence-electron chi connectivity index (χ3n) is 4.73. The van der Waals surface area contributed by atoms with E-state index in [1.165, 1.54) is 27.1 Å². The summed E-state index contributed by atoms with van der Waals surface area (Å²) in [6, 6.07) is 25.9. The van der Waals surface area contributed by atoms with Crippen molar-refractivity contribution in [3.8, 4) is 0 Å². The number of aromatic nitrogens is 1. The third kappa shape index (κ3) is 2.18. The Balaban J connectivity index is 2.08. The van der Waals surface area contributed by atoms with Crippen molar-refractivity contribution in [1.82, 2.24) is 4.98 Å². The van der Waals surface area contributed by atoms with Crippen molar-refractivity contribution >= 4 is 24.0 Å². The van der Waals surface area contributed by atoms with E-state index in [1.807, 2.05) is 12.3 Å². The summed E-state index contributed by atoms with van der Waals surface area (Å²) in [4.78, 5) is 4.67. The zero-order valence-corrected chi connectivity index (χ0v) is 14.5. The van der Waals surface area contributed by atoms with Gasteiger partial charge in [-0.2, -0.15) is 0 Å². The highest BCUT2D eigenvalue weighted by molar-refractivity contribution is 7.07. The Bertz CT molecular complexity index is 880. The third-order valence-corrected chi connectivity index (χ3v) is 8.30. The summed E-state index contributed by atoms with van der Waals surface area (Å²) in [5, 5.41) is 3.01. The van der Waals surface area contributed by atoms with Crippen molar-refractivity contribution in [3.63, 3.8) is 0 Å². The van der Waals surface area contributed by atoms with Gasteiger partial charge in [0.25, 0.3) is 0 Å². The molecule has 23 heavy (non-hydrogen) atoms. The maximum atomic E-state index is 4.67. The van der Waals surface area contributed by atoms with Crippen molar-refractivity contribution < 1.29 is 0 Å². The number of nitrogens with zero attached hydrogens (tertiary/aromatic N) is 1. The first-order valence-corrected chi connectivity index (χ1v) is 11.0. The molecule has 0 unspecified atom stereocenters. The van der Waals surface area contributed by atoms with E-state index in [0.29, 0.717) is 0 Å². The minimum Gasteiger partial charge on any atom is -0.256 e. The van der Waals surface area contributed by atoms with E-state index in [-0.39, 0.29) is 0 Å². The van der Waals surface area contributed by atoms with Gasteiger partial charge in [-0.25, -0.2) is 0 Å². The Labute approximate surface area is 138 Å². The molecule has 1 aliphatic rings. The Morgan fingerprint density at radius 2 is 1.43 bits per heavy atom. The van der Waals surface area contributed by atoms with Crippen molar-refractivity contribution in [3.05, 3.63) is 95.8 Å². The lowest BCUT2D eigenvalue weighted by atomic mass is 9.99. The van der Waals surface area contributed by atoms with E-state index in [4.69, 9.17) is 0 Å². The summed E-state index contributed by atoms with van der Waals surface area (Å²) in [6.45, 7) is 4.90. The highest BCUT2D eigenvalue weighted by atomic mass is 28.3. The van der Waals surface area contributed by atoms with Gasteiger partial charge in [-0.05, 0) is 33.6 Å². The van der Waals surface area contributed by atoms with E-state index in [9.17, 15) is 0 Å². The first-order chi connectivity index (χ1) is 11.2. The quantitative estimate of drug-likeness (QED) is 0.634. The summed E-state index contributed by atoms with van der Waals surface area (Å²) in [7, 11) is -1.74. The van der Waals surface area contributed by atoms with Crippen LogP contribution < -0.4 is 5.19 Å². The number of hydrogen-bond donors (Lipinski definition) is 0. The second kappa shape index (κ2) is 5.32. The second-order valence-electron chi connectivity index (χ2n) is 6.50. The number of hydrogen-bond acceptors (Lipinski definition) is 1. The molecule has 0 fully saturated rings. The fourth-order valence-corrected chi connectivity index (χ4v) is 7.15. The summed E-state index contributed by atoms with van der Waals surface area (Å²) in [5.74, 6) is 0. The number of pyridine rings is 1. The van der Waals surface area contributed by atoms with E-state index >= 15 is 0 Å². The molecule has 1 nitrogen and oxygen atoms in total. The van der Waals surface area contributed by atoms with Crippen LogP contribution in [0.25, 0.3) is 10.8 Å². The van der Waals surface area contributed by atoms with Gasteiger partial charge >= 0.3 is 0 Å². The van der Waals surface area contributed by atoms with Gasteiger partial charge < -0.3 is 0 Å². The lowest BCUT2D eigenvalue weighted by Gasteiger charge is -2.22. The van der Waals surface area contributed by atoms with Crippen LogP contribution in [-0.4, -0.2) is 13.1 Å². The van der Waals surface area contributed by atoms with E-state index in [2.05, 4.69) is 84.8 Å². The summed E-state index contributed by atoms with van der Waals surface area (Å²) in [5.41, 5.74) is 5.10. The van der Waals surface area contributed by atoms with Crippen molar-refractivity contribution in [2.24, 2.45) is 0 Å². The summed E-state index contributed by atoms with van der Waals surface area (Å²) in [6.07, 6.45) is 1.89. The molecule has 0 amide bonds. The van der Waals surface area contributed by atoms with Gasteiger partial charge in [0, 0.05) is 11.8 Å². The minimum atomic E-state index is -1.74. The molecule has 4 rings (SSSR count). The lowest BCUT2D eigenvalue weighted by molar-refractivity contribution is 1.28. The molecule has 0 spiro atoms. The number of fused-ring (bicyclic) bond motifs is 1. The predicted octanol–water partition coefficient (Wildman–Crippen LogP) is 4.51. The second-order valence-corrected chi connectivity index (χ2v) is 10.8. The minimum absolute atomic E-state index is 1.08. The SMILES string of the molecule is C[Si]1(C)C(c2ccccc2)=C(c2ccccn2)c2ccccc21. The van der Waals surface area contributed by atoms with Crippen LogP contribution in [0.5, 0.6) is 0 Å². The molecular formula is C21H19NSi. The fraction of sp³-hybridized carbons (Fsp3) is 0.0952. The highest BCUT2D eigenvalue weighted by Crippen LogP contribution is 2.42. The highest BCUT2D eigenvalue weighted by Gasteiger charge is 2.40. The van der Waals surface area contributed by atoms with Crippen LogP contribution in [-0.2, 0) is 0 Å². The Hall–Kier alpha value is -2.45. The Morgan fingerprint density at radius 3 is 2.17 bits per heavy atom. The molecule has 2 aromatic carbocycles. The molecule has 0 bridgehead atoms. The predicted molar refractivity (Wildman–Crippen MR) is 100 cm³/mol. The zero-order valence-electron chi connectivity index (χ0n) is 13.5. The normalized spacial score (nSPS) is 15.6. The monoisotopic (exact) mass is 313 g/mol. The summed E-state index contributed by atoms with van der Waals surface area (Å²) < 4.78 is 0. The van der Waals surface area contributed by atoms with Crippen LogP contribution in [0.4, 0.5) is 0 Å². The largest absolute Gasteiger partial charge is 0.256 e. The molecule has 1 aromatic heterocycles. The smallest absolute Gasteiger partial charge is 0.114 e. The average Bonchev–Trinajstić information content (AvgIpc) is 2.84. The molecule has 0 saturated carbocycles. The molecule has 1 aliphatic heterocycles. The van der Waals surface area contributed by atoms with Gasteiger partial charge in [-0.3, -0.25) is 4.98 Å². The van der Waals surface area contributed by atoms with E-state index < -0.39 is 8.07 Å². The number of rotatable bonds is 2. The van der Waals surface area contributed by atoms with Crippen molar-refractivity contribution in [2.45, 2.75) is 13.1 Å². The topological polar surface area (TPSA) is 12.9 Å². The van der Waals surface area contributed by atoms with Crippen LogP contribution in [0.1, 0.15) is 16.8 Å². The van der Waals surface area contributed by atoms with Crippen LogP contribution >= 0.6 is 0 Å². The molecule has 0 N–H and O–H groups in total. The van der Waals surface area contributed by atoms with E-state index in [0.717, 1.165) is 5.69 Å². The Morgan fingerprint density at radius 1 is 0.739 bits per heavy atom. The van der Waals surface area contributed by atoms with Crippen LogP contribution in [0, 0.1) is 0 Å². The maximum Gasteiger partial charge on any atom is 0.114 e. The molecule has 2 heteroatoms. The van der Waals surface area contributed by atoms with Gasteiger partial charge in [0.2, 0.25) is 0 Å².